The molecule has 0 aliphatic carbocycles. The molecule has 0 saturated carbocycles. The number of benzene rings is 1. The van der Waals surface area contributed by atoms with E-state index in [9.17, 15) is 4.79 Å². The molecule has 1 atom stereocenters. The van der Waals surface area contributed by atoms with Gasteiger partial charge >= 0.3 is 0 Å². The number of aromatic nitrogens is 2. The second-order valence-corrected chi connectivity index (χ2v) is 7.98. The second-order valence-electron chi connectivity index (χ2n) is 7.98. The van der Waals surface area contributed by atoms with Crippen molar-refractivity contribution >= 4 is 12.0 Å². The Kier molecular flexibility index (Phi) is 8.11. The Bertz CT molecular complexity index is 974. The fraction of sp³-hybridized carbons (Fsp3) is 0.440. The molecule has 7 heteroatoms. The Labute approximate surface area is 190 Å². The normalized spacial score (nSPS) is 15.8. The zero-order valence-electron chi connectivity index (χ0n) is 19.5. The number of hydrogen-bond donors (Lipinski definition) is 0. The third-order valence-corrected chi connectivity index (χ3v) is 5.68. The molecule has 32 heavy (non-hydrogen) atoms. The van der Waals surface area contributed by atoms with Crippen LogP contribution in [0.25, 0.3) is 6.08 Å². The number of carbonyl (C=O) groups excluding carboxylic acids is 1. The van der Waals surface area contributed by atoms with Gasteiger partial charge in [0.25, 0.3) is 0 Å². The molecule has 0 N–H and O–H groups in total. The van der Waals surface area contributed by atoms with Crippen molar-refractivity contribution in [1.82, 2.24) is 14.7 Å². The number of rotatable bonds is 10. The fourth-order valence-corrected chi connectivity index (χ4v) is 3.86. The number of nitrogens with zero attached hydrogens (tertiary/aromatic N) is 3. The molecule has 0 radical (unpaired) electrons. The number of methoxy groups -OCH3 is 1. The van der Waals surface area contributed by atoms with Crippen molar-refractivity contribution in [3.05, 3.63) is 59.4 Å². The van der Waals surface area contributed by atoms with E-state index in [0.717, 1.165) is 42.0 Å². The van der Waals surface area contributed by atoms with Crippen molar-refractivity contribution in [3.63, 3.8) is 0 Å². The zero-order valence-corrected chi connectivity index (χ0v) is 19.5. The molecular formula is C25H33N3O4. The molecule has 3 rings (SSSR count). The summed E-state index contributed by atoms with van der Waals surface area (Å²) in [5.74, 6) is 1.22. The minimum atomic E-state index is -0.0610. The van der Waals surface area contributed by atoms with Gasteiger partial charge in [0, 0.05) is 44.1 Å². The van der Waals surface area contributed by atoms with E-state index in [1.807, 2.05) is 54.8 Å². The van der Waals surface area contributed by atoms with Gasteiger partial charge in [0.1, 0.15) is 6.61 Å². The van der Waals surface area contributed by atoms with Gasteiger partial charge in [-0.15, -0.1) is 0 Å². The van der Waals surface area contributed by atoms with Gasteiger partial charge in [0.05, 0.1) is 18.9 Å². The van der Waals surface area contributed by atoms with Crippen molar-refractivity contribution in [2.75, 3.05) is 26.9 Å². The Hall–Kier alpha value is -3.06. The highest BCUT2D eigenvalue weighted by Gasteiger charge is 2.22. The molecule has 1 unspecified atom stereocenters. The predicted molar refractivity (Wildman–Crippen MR) is 125 cm³/mol. The van der Waals surface area contributed by atoms with Gasteiger partial charge in [-0.25, -0.2) is 0 Å². The van der Waals surface area contributed by atoms with E-state index < -0.39 is 0 Å². The molecule has 1 fully saturated rings. The highest BCUT2D eigenvalue weighted by Crippen LogP contribution is 2.29. The van der Waals surface area contributed by atoms with Gasteiger partial charge in [0.15, 0.2) is 11.5 Å². The van der Waals surface area contributed by atoms with E-state index in [0.29, 0.717) is 31.2 Å². The van der Waals surface area contributed by atoms with Crippen LogP contribution in [0.5, 0.6) is 11.5 Å². The molecule has 1 aliphatic rings. The summed E-state index contributed by atoms with van der Waals surface area (Å²) >= 11 is 0. The van der Waals surface area contributed by atoms with Gasteiger partial charge in [-0.2, -0.15) is 5.10 Å². The first-order valence-electron chi connectivity index (χ1n) is 10.9. The molecule has 1 aromatic carbocycles. The lowest BCUT2D eigenvalue weighted by Gasteiger charge is -2.25. The topological polar surface area (TPSA) is 65.8 Å². The van der Waals surface area contributed by atoms with Crippen molar-refractivity contribution in [1.29, 1.82) is 0 Å². The van der Waals surface area contributed by atoms with Crippen LogP contribution in [0.1, 0.15) is 35.4 Å². The Balaban J connectivity index is 1.80. The molecule has 1 aromatic heterocycles. The monoisotopic (exact) mass is 439 g/mol. The van der Waals surface area contributed by atoms with Crippen molar-refractivity contribution in [3.8, 4) is 11.5 Å². The molecule has 1 amide bonds. The van der Waals surface area contributed by atoms with E-state index in [4.69, 9.17) is 14.2 Å². The van der Waals surface area contributed by atoms with Crippen molar-refractivity contribution < 1.29 is 19.0 Å². The molecule has 172 valence electrons. The van der Waals surface area contributed by atoms with Crippen LogP contribution in [0.2, 0.25) is 0 Å². The largest absolute Gasteiger partial charge is 0.493 e. The maximum absolute atomic E-state index is 13.2. The van der Waals surface area contributed by atoms with E-state index >= 15 is 0 Å². The number of hydrogen-bond acceptors (Lipinski definition) is 5. The van der Waals surface area contributed by atoms with E-state index in [2.05, 4.69) is 11.7 Å². The Morgan fingerprint density at radius 1 is 1.38 bits per heavy atom. The first kappa shape index (κ1) is 23.6. The van der Waals surface area contributed by atoms with E-state index in [1.54, 1.807) is 19.3 Å². The summed E-state index contributed by atoms with van der Waals surface area (Å²) in [6, 6.07) is 5.73. The molecule has 1 aliphatic heterocycles. The van der Waals surface area contributed by atoms with Crippen LogP contribution in [0.4, 0.5) is 0 Å². The smallest absolute Gasteiger partial charge is 0.246 e. The fourth-order valence-electron chi connectivity index (χ4n) is 3.86. The molecule has 2 heterocycles. The number of aryl methyl sites for hydroxylation is 2. The third-order valence-electron chi connectivity index (χ3n) is 5.68. The average Bonchev–Trinajstić information content (AvgIpc) is 3.38. The Morgan fingerprint density at radius 2 is 2.19 bits per heavy atom. The third kappa shape index (κ3) is 5.79. The molecule has 2 aromatic rings. The summed E-state index contributed by atoms with van der Waals surface area (Å²) < 4.78 is 18.7. The molecule has 0 spiro atoms. The van der Waals surface area contributed by atoms with Crippen LogP contribution in [0.15, 0.2) is 36.9 Å². The first-order chi connectivity index (χ1) is 15.4. The Morgan fingerprint density at radius 3 is 2.81 bits per heavy atom. The standard InChI is InChI=1S/C25H33N3O4/c1-6-13-32-23-11-9-20(15-24(23)30-5)16-28(17-21-8-7-14-31-21)25(29)12-10-22-18(2)26-27(4)19(22)3/h6,9-12,15,21H,1,7-8,13-14,16-17H2,2-5H3. The molecule has 0 bridgehead atoms. The summed E-state index contributed by atoms with van der Waals surface area (Å²) in [5, 5.41) is 4.42. The maximum atomic E-state index is 13.2. The summed E-state index contributed by atoms with van der Waals surface area (Å²) in [5.41, 5.74) is 3.86. The van der Waals surface area contributed by atoms with Crippen LogP contribution < -0.4 is 9.47 Å². The summed E-state index contributed by atoms with van der Waals surface area (Å²) in [6.45, 7) is 9.77. The van der Waals surface area contributed by atoms with Gasteiger partial charge < -0.3 is 19.1 Å². The van der Waals surface area contributed by atoms with Crippen LogP contribution in [0, 0.1) is 13.8 Å². The number of carbonyl (C=O) groups is 1. The van der Waals surface area contributed by atoms with Crippen molar-refractivity contribution in [2.24, 2.45) is 7.05 Å². The summed E-state index contributed by atoms with van der Waals surface area (Å²) in [6.07, 6.45) is 7.23. The minimum absolute atomic E-state index is 0.0610. The molecule has 7 nitrogen and oxygen atoms in total. The number of ether oxygens (including phenoxy) is 3. The second kappa shape index (κ2) is 11.0. The lowest BCUT2D eigenvalue weighted by molar-refractivity contribution is -0.128. The highest BCUT2D eigenvalue weighted by molar-refractivity contribution is 5.92. The van der Waals surface area contributed by atoms with Crippen LogP contribution in [-0.2, 0) is 23.1 Å². The average molecular weight is 440 g/mol. The quantitative estimate of drug-likeness (QED) is 0.416. The molecule has 1 saturated heterocycles. The molecular weight excluding hydrogens is 406 g/mol. The summed E-state index contributed by atoms with van der Waals surface area (Å²) in [4.78, 5) is 15.0. The SMILES string of the molecule is C=CCOc1ccc(CN(CC2CCCO2)C(=O)C=Cc2c(C)nn(C)c2C)cc1OC. The van der Waals surface area contributed by atoms with Crippen LogP contribution in [0.3, 0.4) is 0 Å². The van der Waals surface area contributed by atoms with Gasteiger partial charge in [0.2, 0.25) is 5.91 Å². The van der Waals surface area contributed by atoms with Crippen LogP contribution >= 0.6 is 0 Å². The van der Waals surface area contributed by atoms with E-state index in [1.165, 1.54) is 0 Å². The first-order valence-corrected chi connectivity index (χ1v) is 10.9. The van der Waals surface area contributed by atoms with Crippen molar-refractivity contribution in [2.45, 2.75) is 39.3 Å². The minimum Gasteiger partial charge on any atom is -0.493 e. The predicted octanol–water partition coefficient (Wildman–Crippen LogP) is 3.83. The summed E-state index contributed by atoms with van der Waals surface area (Å²) in [7, 11) is 3.51. The lowest BCUT2D eigenvalue weighted by atomic mass is 10.1. The van der Waals surface area contributed by atoms with Gasteiger partial charge in [-0.05, 0) is 50.5 Å². The zero-order chi connectivity index (χ0) is 23.1. The van der Waals surface area contributed by atoms with Gasteiger partial charge in [-0.1, -0.05) is 18.7 Å². The lowest BCUT2D eigenvalue weighted by Crippen LogP contribution is -2.35. The number of amides is 1. The van der Waals surface area contributed by atoms with Gasteiger partial charge in [-0.3, -0.25) is 9.48 Å². The van der Waals surface area contributed by atoms with E-state index in [-0.39, 0.29) is 12.0 Å². The van der Waals surface area contributed by atoms with Crippen LogP contribution in [-0.4, -0.2) is 53.6 Å². The maximum Gasteiger partial charge on any atom is 0.246 e. The highest BCUT2D eigenvalue weighted by atomic mass is 16.5.